The normalized spacial score (nSPS) is 20.0. The van der Waals surface area contributed by atoms with Gasteiger partial charge in [-0.1, -0.05) is 18.2 Å². The third-order valence-corrected chi connectivity index (χ3v) is 3.25. The molecule has 0 fully saturated rings. The van der Waals surface area contributed by atoms with Crippen molar-refractivity contribution in [2.45, 2.75) is 25.2 Å². The third-order valence-electron chi connectivity index (χ3n) is 3.25. The van der Waals surface area contributed by atoms with Gasteiger partial charge in [-0.25, -0.2) is 0 Å². The van der Waals surface area contributed by atoms with Crippen molar-refractivity contribution in [1.82, 2.24) is 0 Å². The zero-order valence-corrected chi connectivity index (χ0v) is 10.5. The molecule has 3 nitrogen and oxygen atoms in total. The average molecular weight is 274 g/mol. The average Bonchev–Trinajstić information content (AvgIpc) is 2.49. The van der Waals surface area contributed by atoms with Crippen molar-refractivity contribution in [2.24, 2.45) is 5.73 Å². The van der Waals surface area contributed by atoms with E-state index >= 15 is 0 Å². The van der Waals surface area contributed by atoms with Crippen molar-refractivity contribution in [3.63, 3.8) is 0 Å². The number of hydrogen-bond donors (Lipinski definition) is 1. The summed E-state index contributed by atoms with van der Waals surface area (Å²) in [6, 6.07) is 7.55. The minimum absolute atomic E-state index is 0.0512. The molecule has 1 atom stereocenters. The zero-order valence-electron chi connectivity index (χ0n) is 10.5. The van der Waals surface area contributed by atoms with Gasteiger partial charge in [0.2, 0.25) is 0 Å². The molecule has 19 heavy (non-hydrogen) atoms. The number of fused-ring (bicyclic) bond motifs is 1. The highest BCUT2D eigenvalue weighted by Crippen LogP contribution is 2.31. The highest BCUT2D eigenvalue weighted by Gasteiger charge is 2.29. The first-order valence-corrected chi connectivity index (χ1v) is 6.27. The third kappa shape index (κ3) is 3.84. The summed E-state index contributed by atoms with van der Waals surface area (Å²) in [6.07, 6.45) is -2.86. The molecule has 0 saturated carbocycles. The molecule has 0 bridgehead atoms. The number of para-hydroxylation sites is 1. The van der Waals surface area contributed by atoms with Gasteiger partial charge in [0.25, 0.3) is 0 Å². The quantitative estimate of drug-likeness (QED) is 0.921. The lowest BCUT2D eigenvalue weighted by atomic mass is 10.0. The Morgan fingerprint density at radius 1 is 1.32 bits per heavy atom. The second kappa shape index (κ2) is 5.79. The molecule has 0 amide bonds. The summed E-state index contributed by atoms with van der Waals surface area (Å²) in [5.41, 5.74) is 7.98. The first kappa shape index (κ1) is 14.1. The number of rotatable bonds is 3. The van der Waals surface area contributed by atoms with Gasteiger partial charge in [-0.05, 0) is 24.5 Å². The number of halogens is 3. The molecule has 0 spiro atoms. The molecule has 1 aromatic carbocycles. The van der Waals surface area contributed by atoms with Gasteiger partial charge in [0.1, 0.15) is 0 Å². The fraction of sp³-hybridized carbons (Fsp3) is 0.538. The summed E-state index contributed by atoms with van der Waals surface area (Å²) >= 11 is 0. The van der Waals surface area contributed by atoms with E-state index in [4.69, 9.17) is 5.73 Å². The highest BCUT2D eigenvalue weighted by atomic mass is 19.4. The van der Waals surface area contributed by atoms with Gasteiger partial charge < -0.3 is 10.6 Å². The lowest BCUT2D eigenvalue weighted by molar-refractivity contribution is -0.323. The second-order valence-electron chi connectivity index (χ2n) is 4.59. The topological polar surface area (TPSA) is 38.5 Å². The molecular formula is C13H17F3N2O. The van der Waals surface area contributed by atoms with Gasteiger partial charge in [0.05, 0.1) is 6.61 Å². The number of alkyl halides is 3. The summed E-state index contributed by atoms with van der Waals surface area (Å²) in [4.78, 5) is 1.91. The van der Waals surface area contributed by atoms with Crippen LogP contribution in [0.3, 0.4) is 0 Å². The van der Waals surface area contributed by atoms with Gasteiger partial charge in [-0.3, -0.25) is 4.74 Å². The lowest BCUT2D eigenvalue weighted by Crippen LogP contribution is -2.30. The number of nitrogens with two attached hydrogens (primary N) is 1. The van der Waals surface area contributed by atoms with E-state index in [0.717, 1.165) is 24.1 Å². The number of nitrogens with zero attached hydrogens (tertiary/aromatic N) is 1. The van der Waals surface area contributed by atoms with Gasteiger partial charge in [0, 0.05) is 24.8 Å². The molecule has 0 saturated heterocycles. The van der Waals surface area contributed by atoms with Crippen LogP contribution in [0.25, 0.3) is 0 Å². The molecule has 1 aromatic rings. The van der Waals surface area contributed by atoms with Crippen LogP contribution in [0.2, 0.25) is 0 Å². The smallest absolute Gasteiger partial charge is 0.369 e. The Morgan fingerprint density at radius 3 is 2.79 bits per heavy atom. The Bertz CT molecular complexity index is 423. The number of benzene rings is 1. The monoisotopic (exact) mass is 274 g/mol. The van der Waals surface area contributed by atoms with Crippen molar-refractivity contribution in [3.05, 3.63) is 29.8 Å². The molecule has 1 heterocycles. The van der Waals surface area contributed by atoms with Gasteiger partial charge >= 0.3 is 6.36 Å². The minimum atomic E-state index is -4.57. The fourth-order valence-corrected chi connectivity index (χ4v) is 2.37. The molecule has 0 aliphatic carbocycles. The van der Waals surface area contributed by atoms with Crippen LogP contribution in [0, 0.1) is 0 Å². The number of anilines is 1. The summed E-state index contributed by atoms with van der Waals surface area (Å²) < 4.78 is 39.8. The van der Waals surface area contributed by atoms with Crippen molar-refractivity contribution >= 4 is 5.69 Å². The van der Waals surface area contributed by atoms with Crippen molar-refractivity contribution < 1.29 is 17.9 Å². The summed E-state index contributed by atoms with van der Waals surface area (Å²) in [7, 11) is 0. The molecule has 6 heteroatoms. The van der Waals surface area contributed by atoms with Crippen LogP contribution >= 0.6 is 0 Å². The van der Waals surface area contributed by atoms with E-state index in [1.165, 1.54) is 0 Å². The van der Waals surface area contributed by atoms with E-state index in [0.29, 0.717) is 6.54 Å². The Hall–Kier alpha value is -1.27. The molecule has 1 unspecified atom stereocenters. The van der Waals surface area contributed by atoms with E-state index in [2.05, 4.69) is 4.74 Å². The van der Waals surface area contributed by atoms with Gasteiger partial charge in [0.15, 0.2) is 0 Å². The molecule has 2 rings (SSSR count). The lowest BCUT2D eigenvalue weighted by Gasteiger charge is -2.25. The Kier molecular flexibility index (Phi) is 4.31. The molecule has 0 radical (unpaired) electrons. The van der Waals surface area contributed by atoms with Crippen LogP contribution in [0.4, 0.5) is 18.9 Å². The van der Waals surface area contributed by atoms with Gasteiger partial charge in [-0.15, -0.1) is 13.2 Å². The van der Waals surface area contributed by atoms with Crippen LogP contribution in [0.15, 0.2) is 24.3 Å². The van der Waals surface area contributed by atoms with Crippen LogP contribution in [-0.4, -0.2) is 26.1 Å². The standard InChI is InChI=1S/C13H17F3N2O/c14-13(15,16)19-9-8-18-7-3-5-11(17)10-4-1-2-6-12(10)18/h1-2,4,6,11H,3,5,7-9,17H2. The van der Waals surface area contributed by atoms with Gasteiger partial charge in [-0.2, -0.15) is 0 Å². The summed E-state index contributed by atoms with van der Waals surface area (Å²) in [5, 5.41) is 0. The minimum Gasteiger partial charge on any atom is -0.369 e. The van der Waals surface area contributed by atoms with E-state index in [1.54, 1.807) is 0 Å². The summed E-state index contributed by atoms with van der Waals surface area (Å²) in [5.74, 6) is 0. The predicted octanol–water partition coefficient (Wildman–Crippen LogP) is 2.82. The van der Waals surface area contributed by atoms with E-state index in [-0.39, 0.29) is 19.2 Å². The van der Waals surface area contributed by atoms with Crippen molar-refractivity contribution in [2.75, 3.05) is 24.6 Å². The zero-order chi connectivity index (χ0) is 13.9. The number of ether oxygens (including phenoxy) is 1. The first-order chi connectivity index (χ1) is 8.97. The highest BCUT2D eigenvalue weighted by molar-refractivity contribution is 5.55. The molecule has 1 aliphatic heterocycles. The Balaban J connectivity index is 2.06. The molecule has 2 N–H and O–H groups in total. The van der Waals surface area contributed by atoms with Crippen molar-refractivity contribution in [1.29, 1.82) is 0 Å². The molecule has 0 aromatic heterocycles. The molecule has 106 valence electrons. The predicted molar refractivity (Wildman–Crippen MR) is 66.8 cm³/mol. The van der Waals surface area contributed by atoms with E-state index < -0.39 is 6.36 Å². The SMILES string of the molecule is NC1CCCN(CCOC(F)(F)F)c2ccccc21. The van der Waals surface area contributed by atoms with Crippen LogP contribution in [0.5, 0.6) is 0 Å². The molecular weight excluding hydrogens is 257 g/mol. The maximum Gasteiger partial charge on any atom is 0.522 e. The Morgan fingerprint density at radius 2 is 2.05 bits per heavy atom. The number of hydrogen-bond acceptors (Lipinski definition) is 3. The second-order valence-corrected chi connectivity index (χ2v) is 4.59. The maximum atomic E-state index is 12.0. The van der Waals surface area contributed by atoms with Crippen LogP contribution in [-0.2, 0) is 4.74 Å². The largest absolute Gasteiger partial charge is 0.522 e. The van der Waals surface area contributed by atoms with Crippen molar-refractivity contribution in [3.8, 4) is 0 Å². The maximum absolute atomic E-state index is 12.0. The van der Waals surface area contributed by atoms with E-state index in [9.17, 15) is 13.2 Å². The first-order valence-electron chi connectivity index (χ1n) is 6.27. The van der Waals surface area contributed by atoms with Crippen LogP contribution in [0.1, 0.15) is 24.4 Å². The van der Waals surface area contributed by atoms with E-state index in [1.807, 2.05) is 29.2 Å². The Labute approximate surface area is 110 Å². The molecule has 1 aliphatic rings. The summed E-state index contributed by atoms with van der Waals surface area (Å²) in [6.45, 7) is 0.544. The fourth-order valence-electron chi connectivity index (χ4n) is 2.37. The van der Waals surface area contributed by atoms with Crippen LogP contribution < -0.4 is 10.6 Å².